The van der Waals surface area contributed by atoms with Crippen molar-refractivity contribution in [3.63, 3.8) is 0 Å². The van der Waals surface area contributed by atoms with Crippen molar-refractivity contribution in [3.05, 3.63) is 89.2 Å². The highest BCUT2D eigenvalue weighted by molar-refractivity contribution is 6.19. The number of aliphatic imine (C=N–C) groups is 1. The number of fused-ring (bicyclic) bond motifs is 1. The Labute approximate surface area is 180 Å². The first-order valence-corrected chi connectivity index (χ1v) is 10.0. The van der Waals surface area contributed by atoms with Crippen LogP contribution in [0.25, 0.3) is 0 Å². The van der Waals surface area contributed by atoms with Gasteiger partial charge in [0.05, 0.1) is 23.5 Å². The highest BCUT2D eigenvalue weighted by atomic mass is 19.1. The van der Waals surface area contributed by atoms with Crippen LogP contribution in [-0.4, -0.2) is 24.1 Å². The number of nitrogens with zero attached hydrogens (tertiary/aromatic N) is 2. The van der Waals surface area contributed by atoms with Crippen molar-refractivity contribution >= 4 is 34.6 Å². The van der Waals surface area contributed by atoms with Gasteiger partial charge in [-0.15, -0.1) is 0 Å². The summed E-state index contributed by atoms with van der Waals surface area (Å²) in [4.78, 5) is 31.9. The molecule has 0 spiro atoms. The number of para-hydroxylation sites is 2. The maximum Gasteiger partial charge on any atom is 0.244 e. The molecule has 31 heavy (non-hydrogen) atoms. The average molecular weight is 415 g/mol. The highest BCUT2D eigenvalue weighted by Crippen LogP contribution is 2.33. The number of benzene rings is 3. The Hall–Kier alpha value is -3.80. The Morgan fingerprint density at radius 1 is 1.06 bits per heavy atom. The van der Waals surface area contributed by atoms with E-state index < -0.39 is 11.7 Å². The van der Waals surface area contributed by atoms with Crippen LogP contribution in [0.2, 0.25) is 0 Å². The number of rotatable bonds is 4. The van der Waals surface area contributed by atoms with Crippen LogP contribution in [0.1, 0.15) is 23.1 Å². The van der Waals surface area contributed by atoms with Crippen molar-refractivity contribution < 1.29 is 14.0 Å². The van der Waals surface area contributed by atoms with Crippen molar-refractivity contribution in [1.82, 2.24) is 0 Å². The molecule has 0 saturated heterocycles. The van der Waals surface area contributed by atoms with Gasteiger partial charge in [-0.1, -0.05) is 48.0 Å². The van der Waals surface area contributed by atoms with E-state index in [4.69, 9.17) is 4.99 Å². The minimum Gasteiger partial charge on any atom is -0.324 e. The second kappa shape index (κ2) is 8.52. The summed E-state index contributed by atoms with van der Waals surface area (Å²) in [5.41, 5.74) is 4.68. The van der Waals surface area contributed by atoms with Crippen LogP contribution >= 0.6 is 0 Å². The van der Waals surface area contributed by atoms with E-state index in [1.807, 2.05) is 43.3 Å². The summed E-state index contributed by atoms with van der Waals surface area (Å²) < 4.78 is 13.8. The lowest BCUT2D eigenvalue weighted by Crippen LogP contribution is -2.38. The first-order valence-electron chi connectivity index (χ1n) is 10.0. The van der Waals surface area contributed by atoms with Crippen molar-refractivity contribution in [2.45, 2.75) is 20.3 Å². The molecule has 2 amide bonds. The summed E-state index contributed by atoms with van der Waals surface area (Å²) in [6.45, 7) is 3.46. The fourth-order valence-corrected chi connectivity index (χ4v) is 3.45. The Balaban J connectivity index is 1.59. The Bertz CT molecular complexity index is 1190. The number of hydrogen-bond donors (Lipinski definition) is 1. The largest absolute Gasteiger partial charge is 0.324 e. The molecular weight excluding hydrogens is 393 g/mol. The zero-order valence-corrected chi connectivity index (χ0v) is 17.4. The lowest BCUT2D eigenvalue weighted by Gasteiger charge is -2.22. The van der Waals surface area contributed by atoms with Crippen LogP contribution < -0.4 is 10.2 Å². The van der Waals surface area contributed by atoms with E-state index in [1.54, 1.807) is 31.2 Å². The van der Waals surface area contributed by atoms with Crippen molar-refractivity contribution in [2.24, 2.45) is 4.99 Å². The quantitative estimate of drug-likeness (QED) is 0.656. The number of carbonyl (C=O) groups excluding carboxylic acids is 2. The minimum atomic E-state index is -0.412. The zero-order chi connectivity index (χ0) is 22.0. The van der Waals surface area contributed by atoms with Gasteiger partial charge in [-0.3, -0.25) is 14.6 Å². The average Bonchev–Trinajstić information content (AvgIpc) is 2.88. The normalized spacial score (nSPS) is 13.3. The van der Waals surface area contributed by atoms with E-state index in [9.17, 15) is 14.0 Å². The van der Waals surface area contributed by atoms with Gasteiger partial charge in [-0.2, -0.15) is 0 Å². The second-order valence-electron chi connectivity index (χ2n) is 7.58. The smallest absolute Gasteiger partial charge is 0.244 e. The van der Waals surface area contributed by atoms with Gasteiger partial charge < -0.3 is 10.2 Å². The van der Waals surface area contributed by atoms with Crippen LogP contribution in [-0.2, 0) is 9.59 Å². The predicted molar refractivity (Wildman–Crippen MR) is 121 cm³/mol. The van der Waals surface area contributed by atoms with Crippen LogP contribution in [0.3, 0.4) is 0 Å². The van der Waals surface area contributed by atoms with Crippen LogP contribution in [0.15, 0.2) is 71.7 Å². The third kappa shape index (κ3) is 4.53. The molecule has 0 aromatic heterocycles. The minimum absolute atomic E-state index is 0.0736. The highest BCUT2D eigenvalue weighted by Gasteiger charge is 2.26. The van der Waals surface area contributed by atoms with Gasteiger partial charge in [0.2, 0.25) is 11.8 Å². The fourth-order valence-electron chi connectivity index (χ4n) is 3.45. The standard InChI is InChI=1S/C25H22FN3O2/c1-16-7-10-18(11-8-16)22-14-25(31)29(23-6-4-3-5-21(23)28-22)15-24(30)27-19-12-9-17(2)20(26)13-19/h3-13H,14-15H2,1-2H3,(H,27,30). The first kappa shape index (κ1) is 20.5. The Kier molecular flexibility index (Phi) is 5.62. The van der Waals surface area contributed by atoms with Crippen LogP contribution in [0, 0.1) is 19.7 Å². The Morgan fingerprint density at radius 3 is 2.55 bits per heavy atom. The summed E-state index contributed by atoms with van der Waals surface area (Å²) in [5.74, 6) is -1.04. The molecule has 3 aromatic rings. The fraction of sp³-hybridized carbons (Fsp3) is 0.160. The van der Waals surface area contributed by atoms with Gasteiger partial charge >= 0.3 is 0 Å². The molecule has 4 rings (SSSR count). The van der Waals surface area contributed by atoms with Crippen molar-refractivity contribution in [2.75, 3.05) is 16.8 Å². The Morgan fingerprint density at radius 2 is 1.81 bits per heavy atom. The van der Waals surface area contributed by atoms with E-state index in [1.165, 1.54) is 11.0 Å². The third-order valence-corrected chi connectivity index (χ3v) is 5.19. The van der Waals surface area contributed by atoms with Crippen molar-refractivity contribution in [1.29, 1.82) is 0 Å². The van der Waals surface area contributed by atoms with Gasteiger partial charge in [0.1, 0.15) is 12.4 Å². The van der Waals surface area contributed by atoms with E-state index in [2.05, 4.69) is 5.32 Å². The van der Waals surface area contributed by atoms with E-state index >= 15 is 0 Å². The number of aryl methyl sites for hydroxylation is 2. The molecule has 0 radical (unpaired) electrons. The van der Waals surface area contributed by atoms with Gasteiger partial charge in [0.15, 0.2) is 0 Å². The third-order valence-electron chi connectivity index (χ3n) is 5.19. The molecule has 0 aliphatic carbocycles. The summed E-state index contributed by atoms with van der Waals surface area (Å²) in [6.07, 6.45) is 0.0736. The van der Waals surface area contributed by atoms with E-state index in [0.717, 1.165) is 11.1 Å². The van der Waals surface area contributed by atoms with Gasteiger partial charge in [0.25, 0.3) is 0 Å². The number of hydrogen-bond acceptors (Lipinski definition) is 3. The molecule has 1 aliphatic rings. The topological polar surface area (TPSA) is 61.8 Å². The summed E-state index contributed by atoms with van der Waals surface area (Å²) in [5, 5.41) is 2.67. The zero-order valence-electron chi connectivity index (χ0n) is 17.4. The van der Waals surface area contributed by atoms with E-state index in [-0.39, 0.29) is 18.9 Å². The van der Waals surface area contributed by atoms with Crippen LogP contribution in [0.4, 0.5) is 21.5 Å². The molecule has 0 fully saturated rings. The van der Waals surface area contributed by atoms with Crippen molar-refractivity contribution in [3.8, 4) is 0 Å². The molecule has 3 aromatic carbocycles. The van der Waals surface area contributed by atoms with Gasteiger partial charge in [0, 0.05) is 5.69 Å². The summed E-state index contributed by atoms with van der Waals surface area (Å²) in [6, 6.07) is 19.6. The van der Waals surface area contributed by atoms with Crippen LogP contribution in [0.5, 0.6) is 0 Å². The number of carbonyl (C=O) groups is 2. The number of amides is 2. The number of anilines is 2. The molecule has 1 heterocycles. The maximum atomic E-state index is 13.8. The summed E-state index contributed by atoms with van der Waals surface area (Å²) in [7, 11) is 0. The SMILES string of the molecule is Cc1ccc(C2=Nc3ccccc3N(CC(=O)Nc3ccc(C)c(F)c3)C(=O)C2)cc1. The maximum absolute atomic E-state index is 13.8. The molecule has 1 aliphatic heterocycles. The van der Waals surface area contributed by atoms with Gasteiger partial charge in [-0.25, -0.2) is 4.39 Å². The molecule has 0 bridgehead atoms. The molecule has 0 unspecified atom stereocenters. The molecule has 6 heteroatoms. The molecule has 1 N–H and O–H groups in total. The number of halogens is 1. The molecule has 0 saturated carbocycles. The second-order valence-corrected chi connectivity index (χ2v) is 7.58. The van der Waals surface area contributed by atoms with Gasteiger partial charge in [-0.05, 0) is 49.2 Å². The summed E-state index contributed by atoms with van der Waals surface area (Å²) >= 11 is 0. The number of nitrogens with one attached hydrogen (secondary N) is 1. The predicted octanol–water partition coefficient (Wildman–Crippen LogP) is 4.94. The first-order chi connectivity index (χ1) is 14.9. The monoisotopic (exact) mass is 415 g/mol. The van der Waals surface area contributed by atoms with E-state index in [0.29, 0.717) is 28.3 Å². The molecule has 156 valence electrons. The molecular formula is C25H22FN3O2. The lowest BCUT2D eigenvalue weighted by molar-refractivity contribution is -0.120. The lowest BCUT2D eigenvalue weighted by atomic mass is 10.1. The molecule has 0 atom stereocenters. The molecule has 5 nitrogen and oxygen atoms in total.